The van der Waals surface area contributed by atoms with Gasteiger partial charge in [-0.2, -0.15) is 5.10 Å². The van der Waals surface area contributed by atoms with E-state index in [0.717, 1.165) is 4.68 Å². The van der Waals surface area contributed by atoms with Crippen molar-refractivity contribution in [2.24, 2.45) is 5.16 Å². The third kappa shape index (κ3) is 4.82. The van der Waals surface area contributed by atoms with Crippen LogP contribution in [0.15, 0.2) is 54.7 Å². The van der Waals surface area contributed by atoms with Gasteiger partial charge in [0.2, 0.25) is 6.30 Å². The number of thioether (sulfide) groups is 1. The summed E-state index contributed by atoms with van der Waals surface area (Å²) in [6.45, 7) is 3.71. The molecule has 0 fully saturated rings. The molecule has 23 heavy (non-hydrogen) atoms. The molecule has 0 spiro atoms. The fraction of sp³-hybridized carbons (Fsp3) is 0.267. The molecule has 0 radical (unpaired) electrons. The van der Waals surface area contributed by atoms with Crippen LogP contribution in [-0.4, -0.2) is 39.3 Å². The molecule has 0 saturated heterocycles. The second-order valence-corrected chi connectivity index (χ2v) is 5.16. The van der Waals surface area contributed by atoms with Gasteiger partial charge in [-0.1, -0.05) is 17.8 Å². The molecule has 0 N–H and O–H groups in total. The molecule has 0 aliphatic carbocycles. The number of alkyl halides is 1. The number of hydrogen-bond acceptors (Lipinski definition) is 6. The van der Waals surface area contributed by atoms with Gasteiger partial charge in [-0.3, -0.25) is 0 Å². The summed E-state index contributed by atoms with van der Waals surface area (Å²) < 4.78 is 21.2. The van der Waals surface area contributed by atoms with Crippen molar-refractivity contribution in [3.63, 3.8) is 0 Å². The van der Waals surface area contributed by atoms with Gasteiger partial charge >= 0.3 is 0 Å². The topological polar surface area (TPSA) is 61.5 Å². The highest BCUT2D eigenvalue weighted by molar-refractivity contribution is 7.98. The van der Waals surface area contributed by atoms with Crippen molar-refractivity contribution in [3.05, 3.63) is 55.1 Å². The van der Waals surface area contributed by atoms with Gasteiger partial charge in [0.1, 0.15) is 36.7 Å². The van der Waals surface area contributed by atoms with Crippen LogP contribution < -0.4 is 4.74 Å². The molecule has 1 heterocycles. The molecule has 0 aliphatic rings. The number of ether oxygens (including phenoxy) is 1. The highest BCUT2D eigenvalue weighted by atomic mass is 32.2. The minimum absolute atomic E-state index is 0.0915. The summed E-state index contributed by atoms with van der Waals surface area (Å²) in [5.41, 5.74) is 0.655. The zero-order valence-electron chi connectivity index (χ0n) is 12.6. The van der Waals surface area contributed by atoms with E-state index in [4.69, 9.17) is 9.57 Å². The minimum Gasteiger partial charge on any atom is -0.483 e. The monoisotopic (exact) mass is 336 g/mol. The predicted octanol–water partition coefficient (Wildman–Crippen LogP) is 3.05. The molecule has 6 nitrogen and oxygen atoms in total. The van der Waals surface area contributed by atoms with Crippen molar-refractivity contribution < 1.29 is 14.0 Å². The lowest BCUT2D eigenvalue weighted by Crippen LogP contribution is -2.17. The first-order chi connectivity index (χ1) is 11.3. The summed E-state index contributed by atoms with van der Waals surface area (Å²) in [5, 5.41) is 7.66. The Morgan fingerprint density at radius 1 is 1.48 bits per heavy atom. The normalized spacial score (nSPS) is 12.7. The average molecular weight is 336 g/mol. The fourth-order valence-electron chi connectivity index (χ4n) is 1.70. The van der Waals surface area contributed by atoms with E-state index in [1.54, 1.807) is 36.0 Å². The largest absolute Gasteiger partial charge is 0.483 e. The average Bonchev–Trinajstić information content (AvgIpc) is 3.12. The minimum atomic E-state index is -1.61. The summed E-state index contributed by atoms with van der Waals surface area (Å²) in [6, 6.07) is 6.94. The van der Waals surface area contributed by atoms with Gasteiger partial charge in [-0.15, -0.1) is 11.8 Å². The van der Waals surface area contributed by atoms with E-state index in [1.807, 2.05) is 6.26 Å². The molecule has 2 rings (SSSR count). The zero-order chi connectivity index (χ0) is 16.5. The van der Waals surface area contributed by atoms with E-state index in [9.17, 15) is 4.39 Å². The summed E-state index contributed by atoms with van der Waals surface area (Å²) in [5.74, 6) is 1.25. The Labute approximate surface area is 138 Å². The summed E-state index contributed by atoms with van der Waals surface area (Å²) >= 11 is 1.57. The third-order valence-electron chi connectivity index (χ3n) is 2.74. The van der Waals surface area contributed by atoms with E-state index in [1.165, 1.54) is 18.7 Å². The maximum atomic E-state index is 14.6. The van der Waals surface area contributed by atoms with Crippen LogP contribution in [0.25, 0.3) is 0 Å². The molecule has 0 amide bonds. The second kappa shape index (κ2) is 8.94. The molecule has 0 aliphatic heterocycles. The maximum absolute atomic E-state index is 14.6. The Hall–Kier alpha value is -2.35. The van der Waals surface area contributed by atoms with Crippen molar-refractivity contribution >= 4 is 17.5 Å². The Morgan fingerprint density at radius 3 is 2.87 bits per heavy atom. The number of oxime groups is 1. The standard InChI is InChI=1S/C15H17FN4O2S/c1-3-8-22-19-14(15(16)20-10-17-9-18-20)12-4-6-13(7-5-12)21-11-23-2/h3-7,9-10,15H,1,8,11H2,2H3. The summed E-state index contributed by atoms with van der Waals surface area (Å²) in [6.07, 6.45) is 4.41. The molecule has 122 valence electrons. The molecular formula is C15H17FN4O2S. The van der Waals surface area contributed by atoms with Crippen molar-refractivity contribution in [1.29, 1.82) is 0 Å². The molecule has 2 aromatic rings. The summed E-state index contributed by atoms with van der Waals surface area (Å²) in [7, 11) is 0. The van der Waals surface area contributed by atoms with E-state index in [2.05, 4.69) is 21.8 Å². The van der Waals surface area contributed by atoms with Crippen LogP contribution in [0.4, 0.5) is 4.39 Å². The first kappa shape index (κ1) is 17.0. The Morgan fingerprint density at radius 2 is 2.26 bits per heavy atom. The molecule has 1 aromatic carbocycles. The molecular weight excluding hydrogens is 319 g/mol. The highest BCUT2D eigenvalue weighted by Gasteiger charge is 2.21. The van der Waals surface area contributed by atoms with Gasteiger partial charge in [0.15, 0.2) is 0 Å². The highest BCUT2D eigenvalue weighted by Crippen LogP contribution is 2.20. The maximum Gasteiger partial charge on any atom is 0.239 e. The first-order valence-corrected chi connectivity index (χ1v) is 8.16. The van der Waals surface area contributed by atoms with E-state index in [-0.39, 0.29) is 12.3 Å². The number of hydrogen-bond donors (Lipinski definition) is 0. The first-order valence-electron chi connectivity index (χ1n) is 6.77. The van der Waals surface area contributed by atoms with Crippen molar-refractivity contribution in [3.8, 4) is 5.75 Å². The van der Waals surface area contributed by atoms with Crippen LogP contribution in [0.2, 0.25) is 0 Å². The molecule has 1 unspecified atom stereocenters. The number of nitrogens with zero attached hydrogens (tertiary/aromatic N) is 4. The van der Waals surface area contributed by atoms with Gasteiger partial charge < -0.3 is 9.57 Å². The quantitative estimate of drug-likeness (QED) is 0.232. The Bertz CT molecular complexity index is 631. The van der Waals surface area contributed by atoms with Crippen LogP contribution in [0.3, 0.4) is 0 Å². The lowest BCUT2D eigenvalue weighted by atomic mass is 10.1. The van der Waals surface area contributed by atoms with E-state index >= 15 is 0 Å². The van der Waals surface area contributed by atoms with Gasteiger partial charge in [0.05, 0.1) is 0 Å². The lowest BCUT2D eigenvalue weighted by Gasteiger charge is -2.12. The smallest absolute Gasteiger partial charge is 0.239 e. The van der Waals surface area contributed by atoms with Gasteiger partial charge in [-0.25, -0.2) is 14.1 Å². The Balaban J connectivity index is 2.22. The van der Waals surface area contributed by atoms with Crippen LogP contribution >= 0.6 is 11.8 Å². The predicted molar refractivity (Wildman–Crippen MR) is 88.3 cm³/mol. The number of benzene rings is 1. The van der Waals surface area contributed by atoms with Crippen LogP contribution in [0.1, 0.15) is 11.9 Å². The van der Waals surface area contributed by atoms with Gasteiger partial charge in [0.25, 0.3) is 0 Å². The van der Waals surface area contributed by atoms with Crippen molar-refractivity contribution in [2.75, 3.05) is 18.8 Å². The molecule has 0 bridgehead atoms. The van der Waals surface area contributed by atoms with Crippen LogP contribution in [-0.2, 0) is 4.84 Å². The Kier molecular flexibility index (Phi) is 6.61. The summed E-state index contributed by atoms with van der Waals surface area (Å²) in [4.78, 5) is 8.79. The van der Waals surface area contributed by atoms with Crippen molar-refractivity contribution in [2.45, 2.75) is 6.30 Å². The van der Waals surface area contributed by atoms with Crippen LogP contribution in [0, 0.1) is 0 Å². The van der Waals surface area contributed by atoms with Gasteiger partial charge in [-0.05, 0) is 30.5 Å². The number of halogens is 1. The lowest BCUT2D eigenvalue weighted by molar-refractivity contribution is 0.168. The third-order valence-corrected chi connectivity index (χ3v) is 3.10. The SMILES string of the molecule is C=CCON=C(c1ccc(OCSC)cc1)C(F)n1cncn1. The van der Waals surface area contributed by atoms with E-state index < -0.39 is 6.30 Å². The fourth-order valence-corrected chi connectivity index (χ4v) is 1.96. The molecule has 0 saturated carbocycles. The van der Waals surface area contributed by atoms with E-state index in [0.29, 0.717) is 17.3 Å². The second-order valence-electron chi connectivity index (χ2n) is 4.35. The number of rotatable bonds is 9. The number of aromatic nitrogens is 3. The molecule has 1 atom stereocenters. The van der Waals surface area contributed by atoms with Crippen LogP contribution in [0.5, 0.6) is 5.75 Å². The van der Waals surface area contributed by atoms with Crippen molar-refractivity contribution in [1.82, 2.24) is 14.8 Å². The molecule has 8 heteroatoms. The molecule has 1 aromatic heterocycles. The van der Waals surface area contributed by atoms with Gasteiger partial charge in [0, 0.05) is 5.56 Å². The zero-order valence-corrected chi connectivity index (χ0v) is 13.4.